The van der Waals surface area contributed by atoms with Crippen LogP contribution in [0.25, 0.3) is 0 Å². The molecule has 4 nitrogen and oxygen atoms in total. The maximum Gasteiger partial charge on any atom is 0.224 e. The summed E-state index contributed by atoms with van der Waals surface area (Å²) < 4.78 is 18.1. The molecule has 0 radical (unpaired) electrons. The molecule has 0 aliphatic rings. The van der Waals surface area contributed by atoms with Gasteiger partial charge in [-0.05, 0) is 24.1 Å². The van der Waals surface area contributed by atoms with Gasteiger partial charge in [0.2, 0.25) is 5.91 Å². The summed E-state index contributed by atoms with van der Waals surface area (Å²) >= 11 is 0. The van der Waals surface area contributed by atoms with Gasteiger partial charge in [0.1, 0.15) is 5.82 Å². The Morgan fingerprint density at radius 2 is 2.22 bits per heavy atom. The molecule has 1 aromatic carbocycles. The molecule has 0 unspecified atom stereocenters. The monoisotopic (exact) mass is 254 g/mol. The Balaban J connectivity index is 2.14. The molecule has 100 valence electrons. The number of hydrogen-bond donors (Lipinski definition) is 2. The van der Waals surface area contributed by atoms with Crippen molar-refractivity contribution in [1.29, 1.82) is 0 Å². The number of carbonyl (C=O) groups is 1. The summed E-state index contributed by atoms with van der Waals surface area (Å²) in [5.41, 5.74) is 5.94. The summed E-state index contributed by atoms with van der Waals surface area (Å²) in [4.78, 5) is 11.5. The first-order chi connectivity index (χ1) is 8.72. The first kappa shape index (κ1) is 14.6. The van der Waals surface area contributed by atoms with Crippen molar-refractivity contribution in [2.24, 2.45) is 5.73 Å². The van der Waals surface area contributed by atoms with E-state index in [1.807, 2.05) is 0 Å². The van der Waals surface area contributed by atoms with Gasteiger partial charge < -0.3 is 15.8 Å². The molecular weight excluding hydrogens is 235 g/mol. The lowest BCUT2D eigenvalue weighted by Crippen LogP contribution is -2.27. The van der Waals surface area contributed by atoms with Gasteiger partial charge >= 0.3 is 0 Å². The van der Waals surface area contributed by atoms with E-state index < -0.39 is 0 Å². The molecular formula is C13H19FN2O2. The molecule has 0 aromatic heterocycles. The molecule has 0 fully saturated rings. The van der Waals surface area contributed by atoms with E-state index in [0.717, 1.165) is 6.42 Å². The number of rotatable bonds is 8. The van der Waals surface area contributed by atoms with Crippen LogP contribution in [0.3, 0.4) is 0 Å². The maximum absolute atomic E-state index is 12.9. The van der Waals surface area contributed by atoms with Gasteiger partial charge in [0.25, 0.3) is 0 Å². The van der Waals surface area contributed by atoms with E-state index >= 15 is 0 Å². The fourth-order valence-electron chi connectivity index (χ4n) is 1.48. The predicted molar refractivity (Wildman–Crippen MR) is 67.6 cm³/mol. The van der Waals surface area contributed by atoms with Crippen molar-refractivity contribution in [2.75, 3.05) is 26.3 Å². The predicted octanol–water partition coefficient (Wildman–Crippen LogP) is 0.850. The van der Waals surface area contributed by atoms with Gasteiger partial charge in [-0.2, -0.15) is 0 Å². The van der Waals surface area contributed by atoms with Crippen molar-refractivity contribution in [2.45, 2.75) is 12.8 Å². The van der Waals surface area contributed by atoms with Gasteiger partial charge in [0.15, 0.2) is 0 Å². The van der Waals surface area contributed by atoms with Crippen molar-refractivity contribution in [1.82, 2.24) is 5.32 Å². The Hall–Kier alpha value is -1.46. The average Bonchev–Trinajstić information content (AvgIpc) is 2.33. The number of amides is 1. The lowest BCUT2D eigenvalue weighted by molar-refractivity contribution is -0.120. The third-order valence-corrected chi connectivity index (χ3v) is 2.30. The van der Waals surface area contributed by atoms with Crippen molar-refractivity contribution in [3.8, 4) is 0 Å². The van der Waals surface area contributed by atoms with Crippen molar-refractivity contribution >= 4 is 5.91 Å². The highest BCUT2D eigenvalue weighted by Gasteiger charge is 2.03. The Bertz CT molecular complexity index is 372. The summed E-state index contributed by atoms with van der Waals surface area (Å²) in [5, 5.41) is 2.75. The number of hydrogen-bond acceptors (Lipinski definition) is 3. The van der Waals surface area contributed by atoms with E-state index in [4.69, 9.17) is 10.5 Å². The summed E-state index contributed by atoms with van der Waals surface area (Å²) in [6, 6.07) is 6.05. The fraction of sp³-hybridized carbons (Fsp3) is 0.462. The van der Waals surface area contributed by atoms with E-state index in [9.17, 15) is 9.18 Å². The van der Waals surface area contributed by atoms with Crippen LogP contribution in [0.5, 0.6) is 0 Å². The Kier molecular flexibility index (Phi) is 6.98. The van der Waals surface area contributed by atoms with Gasteiger partial charge in [-0.15, -0.1) is 0 Å². The molecule has 0 aliphatic heterocycles. The quantitative estimate of drug-likeness (QED) is 0.676. The second kappa shape index (κ2) is 8.60. The summed E-state index contributed by atoms with van der Waals surface area (Å²) in [6.45, 7) is 2.18. The third kappa shape index (κ3) is 6.32. The second-order valence-corrected chi connectivity index (χ2v) is 3.91. The molecule has 1 aromatic rings. The van der Waals surface area contributed by atoms with Gasteiger partial charge in [0, 0.05) is 19.7 Å². The molecule has 0 heterocycles. The van der Waals surface area contributed by atoms with Gasteiger partial charge in [-0.1, -0.05) is 12.1 Å². The van der Waals surface area contributed by atoms with Crippen LogP contribution in [0.1, 0.15) is 12.0 Å². The molecule has 1 amide bonds. The zero-order valence-electron chi connectivity index (χ0n) is 10.3. The lowest BCUT2D eigenvalue weighted by Gasteiger charge is -2.06. The highest BCUT2D eigenvalue weighted by molar-refractivity contribution is 5.78. The van der Waals surface area contributed by atoms with Gasteiger partial charge in [-0.3, -0.25) is 4.79 Å². The van der Waals surface area contributed by atoms with Crippen molar-refractivity contribution in [3.63, 3.8) is 0 Å². The lowest BCUT2D eigenvalue weighted by atomic mass is 10.1. The first-order valence-electron chi connectivity index (χ1n) is 6.01. The highest BCUT2D eigenvalue weighted by Crippen LogP contribution is 2.03. The molecule has 18 heavy (non-hydrogen) atoms. The van der Waals surface area contributed by atoms with Crippen LogP contribution < -0.4 is 11.1 Å². The van der Waals surface area contributed by atoms with Crippen LogP contribution in [0.2, 0.25) is 0 Å². The Labute approximate surface area is 106 Å². The molecule has 0 atom stereocenters. The maximum atomic E-state index is 12.9. The average molecular weight is 254 g/mol. The van der Waals surface area contributed by atoms with E-state index in [1.165, 1.54) is 12.1 Å². The molecule has 0 spiro atoms. The Morgan fingerprint density at radius 1 is 1.39 bits per heavy atom. The van der Waals surface area contributed by atoms with Crippen LogP contribution >= 0.6 is 0 Å². The van der Waals surface area contributed by atoms with Gasteiger partial charge in [0.05, 0.1) is 13.0 Å². The minimum atomic E-state index is -0.324. The van der Waals surface area contributed by atoms with Crippen LogP contribution in [-0.2, 0) is 16.0 Å². The number of benzene rings is 1. The van der Waals surface area contributed by atoms with Crippen LogP contribution in [0.15, 0.2) is 24.3 Å². The number of halogens is 1. The van der Waals surface area contributed by atoms with Crippen molar-refractivity contribution < 1.29 is 13.9 Å². The smallest absolute Gasteiger partial charge is 0.224 e. The van der Waals surface area contributed by atoms with E-state index in [-0.39, 0.29) is 18.1 Å². The Morgan fingerprint density at radius 3 is 2.94 bits per heavy atom. The zero-order chi connectivity index (χ0) is 13.2. The second-order valence-electron chi connectivity index (χ2n) is 3.91. The zero-order valence-corrected chi connectivity index (χ0v) is 10.3. The van der Waals surface area contributed by atoms with E-state index in [0.29, 0.717) is 31.9 Å². The largest absolute Gasteiger partial charge is 0.380 e. The van der Waals surface area contributed by atoms with Crippen LogP contribution in [-0.4, -0.2) is 32.2 Å². The van der Waals surface area contributed by atoms with E-state index in [2.05, 4.69) is 5.32 Å². The summed E-state index contributed by atoms with van der Waals surface area (Å²) in [7, 11) is 0. The van der Waals surface area contributed by atoms with Crippen LogP contribution in [0.4, 0.5) is 4.39 Å². The molecule has 0 bridgehead atoms. The third-order valence-electron chi connectivity index (χ3n) is 2.30. The summed E-state index contributed by atoms with van der Waals surface area (Å²) in [5.74, 6) is -0.435. The van der Waals surface area contributed by atoms with Crippen LogP contribution in [0, 0.1) is 5.82 Å². The molecule has 1 rings (SSSR count). The highest BCUT2D eigenvalue weighted by atomic mass is 19.1. The van der Waals surface area contributed by atoms with Crippen molar-refractivity contribution in [3.05, 3.63) is 35.6 Å². The number of carbonyl (C=O) groups excluding carboxylic acids is 1. The number of nitrogens with one attached hydrogen (secondary N) is 1. The summed E-state index contributed by atoms with van der Waals surface area (Å²) in [6.07, 6.45) is 0.941. The standard InChI is InChI=1S/C13H19FN2O2/c14-12-4-1-3-11(9-12)10-13(17)16-6-2-7-18-8-5-15/h1,3-4,9H,2,5-8,10,15H2,(H,16,17). The fourth-order valence-corrected chi connectivity index (χ4v) is 1.48. The SMILES string of the molecule is NCCOCCCNC(=O)Cc1cccc(F)c1. The number of ether oxygens (including phenoxy) is 1. The molecule has 0 saturated heterocycles. The normalized spacial score (nSPS) is 10.3. The molecule has 3 N–H and O–H groups in total. The molecule has 0 aliphatic carbocycles. The molecule has 5 heteroatoms. The first-order valence-corrected chi connectivity index (χ1v) is 6.01. The van der Waals surface area contributed by atoms with E-state index in [1.54, 1.807) is 12.1 Å². The molecule has 0 saturated carbocycles. The minimum Gasteiger partial charge on any atom is -0.380 e. The topological polar surface area (TPSA) is 64.3 Å². The minimum absolute atomic E-state index is 0.112. The number of nitrogens with two attached hydrogens (primary N) is 1. The van der Waals surface area contributed by atoms with Gasteiger partial charge in [-0.25, -0.2) is 4.39 Å².